The number of nitrogens with zero attached hydrogens (tertiary/aromatic N) is 3. The maximum Gasteiger partial charge on any atom is 0.284 e. The number of carbonyl (C=O) groups is 1. The van der Waals surface area contributed by atoms with Crippen molar-refractivity contribution in [3.63, 3.8) is 0 Å². The van der Waals surface area contributed by atoms with E-state index in [0.29, 0.717) is 30.8 Å². The number of nitriles is 1. The van der Waals surface area contributed by atoms with Crippen LogP contribution in [0.4, 0.5) is 5.82 Å². The molecule has 0 saturated carbocycles. The summed E-state index contributed by atoms with van der Waals surface area (Å²) in [6, 6.07) is 8.76. The number of nitrogens with two attached hydrogens (primary N) is 1. The molecular weight excluding hydrogens is 402 g/mol. The molecular formula is C21H25N5O5. The molecule has 2 atom stereocenters. The fourth-order valence-electron chi connectivity index (χ4n) is 2.71. The minimum absolute atomic E-state index is 0.0163. The van der Waals surface area contributed by atoms with Gasteiger partial charge in [-0.1, -0.05) is 12.1 Å². The van der Waals surface area contributed by atoms with Crippen molar-refractivity contribution >= 4 is 11.7 Å². The van der Waals surface area contributed by atoms with Gasteiger partial charge in [0.1, 0.15) is 23.6 Å². The topological polar surface area (TPSA) is 153 Å². The molecule has 1 saturated heterocycles. The minimum atomic E-state index is -1.18. The third-order valence-electron chi connectivity index (χ3n) is 4.87. The van der Waals surface area contributed by atoms with Crippen LogP contribution in [0.25, 0.3) is 11.4 Å². The number of nitrogen functional groups attached to an aromatic ring is 1. The van der Waals surface area contributed by atoms with Gasteiger partial charge in [0.2, 0.25) is 5.88 Å². The minimum Gasteiger partial charge on any atom is -0.471 e. The van der Waals surface area contributed by atoms with Crippen molar-refractivity contribution in [3.8, 4) is 23.3 Å². The molecule has 4 N–H and O–H groups in total. The van der Waals surface area contributed by atoms with Crippen molar-refractivity contribution < 1.29 is 24.2 Å². The molecule has 31 heavy (non-hydrogen) atoms. The van der Waals surface area contributed by atoms with E-state index in [1.54, 1.807) is 45.0 Å². The van der Waals surface area contributed by atoms with Crippen LogP contribution in [-0.4, -0.2) is 52.0 Å². The van der Waals surface area contributed by atoms with Crippen LogP contribution in [0.2, 0.25) is 0 Å². The summed E-state index contributed by atoms with van der Waals surface area (Å²) in [5, 5.41) is 19.1. The highest BCUT2D eigenvalue weighted by Crippen LogP contribution is 2.28. The highest BCUT2D eigenvalue weighted by molar-refractivity contribution is 6.00. The number of hydrogen-bond donors (Lipinski definition) is 3. The van der Waals surface area contributed by atoms with Gasteiger partial charge in [0.25, 0.3) is 5.91 Å². The molecule has 2 aromatic rings. The molecule has 10 heteroatoms. The summed E-state index contributed by atoms with van der Waals surface area (Å²) in [5.41, 5.74) is 8.10. The molecule has 0 aliphatic carbocycles. The monoisotopic (exact) mass is 427 g/mol. The van der Waals surface area contributed by atoms with Crippen LogP contribution in [0.5, 0.6) is 5.88 Å². The zero-order valence-electron chi connectivity index (χ0n) is 17.6. The van der Waals surface area contributed by atoms with Gasteiger partial charge in [-0.25, -0.2) is 10.5 Å². The number of amides is 1. The number of hydrogen-bond acceptors (Lipinski definition) is 9. The number of rotatable bonds is 7. The summed E-state index contributed by atoms with van der Waals surface area (Å²) in [5.74, 6) is -0.624. The van der Waals surface area contributed by atoms with Crippen molar-refractivity contribution in [2.45, 2.75) is 45.0 Å². The summed E-state index contributed by atoms with van der Waals surface area (Å²) < 4.78 is 11.2. The highest BCUT2D eigenvalue weighted by atomic mass is 16.7. The standard InChI is InChI=1S/C21H25N5O5/c1-12(21(2,3)28)31-26-19(27)16-17(23)24-18(14-6-4-5-13(9-14)10-22)25-20(16)30-15-7-8-29-11-15/h4-6,9,12,15,28H,7-8,11H2,1-3H3,(H,26,27)(H2,23,24,25)/t12?,15-/m0/s1. The lowest BCUT2D eigenvalue weighted by Gasteiger charge is -2.25. The van der Waals surface area contributed by atoms with Gasteiger partial charge in [-0.3, -0.25) is 9.63 Å². The van der Waals surface area contributed by atoms with Gasteiger partial charge in [0.15, 0.2) is 5.82 Å². The number of aromatic nitrogens is 2. The van der Waals surface area contributed by atoms with Gasteiger partial charge in [-0.2, -0.15) is 10.2 Å². The van der Waals surface area contributed by atoms with E-state index in [4.69, 9.17) is 25.3 Å². The van der Waals surface area contributed by atoms with E-state index in [-0.39, 0.29) is 29.2 Å². The lowest BCUT2D eigenvalue weighted by atomic mass is 10.0. The van der Waals surface area contributed by atoms with E-state index in [9.17, 15) is 9.90 Å². The molecule has 0 radical (unpaired) electrons. The Labute approximate surface area is 179 Å². The van der Waals surface area contributed by atoms with Gasteiger partial charge >= 0.3 is 0 Å². The summed E-state index contributed by atoms with van der Waals surface area (Å²) >= 11 is 0. The second-order valence-corrected chi connectivity index (χ2v) is 7.75. The van der Waals surface area contributed by atoms with Crippen molar-refractivity contribution in [1.82, 2.24) is 15.4 Å². The SMILES string of the molecule is CC(ONC(=O)c1c(N)nc(-c2cccc(C#N)c2)nc1O[C@H]1CCOC1)C(C)(C)O. The highest BCUT2D eigenvalue weighted by Gasteiger charge is 2.28. The van der Waals surface area contributed by atoms with Gasteiger partial charge in [-0.05, 0) is 32.9 Å². The van der Waals surface area contributed by atoms with Gasteiger partial charge in [0.05, 0.1) is 30.4 Å². The molecule has 2 heterocycles. The van der Waals surface area contributed by atoms with Gasteiger partial charge in [-0.15, -0.1) is 0 Å². The van der Waals surface area contributed by atoms with Crippen LogP contribution in [0, 0.1) is 11.3 Å². The molecule has 1 amide bonds. The zero-order chi connectivity index (χ0) is 22.6. The first-order valence-electron chi connectivity index (χ1n) is 9.80. The Morgan fingerprint density at radius 3 is 2.87 bits per heavy atom. The van der Waals surface area contributed by atoms with Crippen LogP contribution >= 0.6 is 0 Å². The Morgan fingerprint density at radius 2 is 2.23 bits per heavy atom. The third kappa shape index (κ3) is 5.46. The van der Waals surface area contributed by atoms with E-state index in [1.807, 2.05) is 0 Å². The average molecular weight is 427 g/mol. The lowest BCUT2D eigenvalue weighted by molar-refractivity contribution is -0.107. The van der Waals surface area contributed by atoms with Crippen molar-refractivity contribution in [3.05, 3.63) is 35.4 Å². The summed E-state index contributed by atoms with van der Waals surface area (Å²) in [7, 11) is 0. The second-order valence-electron chi connectivity index (χ2n) is 7.75. The van der Waals surface area contributed by atoms with Crippen molar-refractivity contribution in [1.29, 1.82) is 5.26 Å². The smallest absolute Gasteiger partial charge is 0.284 e. The first kappa shape index (κ1) is 22.4. The largest absolute Gasteiger partial charge is 0.471 e. The van der Waals surface area contributed by atoms with E-state index in [2.05, 4.69) is 21.5 Å². The Morgan fingerprint density at radius 1 is 1.45 bits per heavy atom. The predicted molar refractivity (Wildman–Crippen MR) is 111 cm³/mol. The van der Waals surface area contributed by atoms with Crippen LogP contribution in [0.3, 0.4) is 0 Å². The Kier molecular flexibility index (Phi) is 6.70. The van der Waals surface area contributed by atoms with Crippen LogP contribution in [-0.2, 0) is 9.57 Å². The Balaban J connectivity index is 1.95. The molecule has 1 aliphatic rings. The molecule has 1 fully saturated rings. The third-order valence-corrected chi connectivity index (χ3v) is 4.87. The number of ether oxygens (including phenoxy) is 2. The maximum absolute atomic E-state index is 12.8. The van der Waals surface area contributed by atoms with E-state index in [0.717, 1.165) is 0 Å². The molecule has 0 spiro atoms. The summed E-state index contributed by atoms with van der Waals surface area (Å²) in [6.07, 6.45) is -0.356. The lowest BCUT2D eigenvalue weighted by Crippen LogP contribution is -2.41. The van der Waals surface area contributed by atoms with Gasteiger partial charge in [0, 0.05) is 12.0 Å². The Bertz CT molecular complexity index is 993. The Hall–Kier alpha value is -3.26. The number of hydroxylamine groups is 1. The molecule has 1 aliphatic heterocycles. The molecule has 1 unspecified atom stereocenters. The molecule has 0 bridgehead atoms. The predicted octanol–water partition coefficient (Wildman–Crippen LogP) is 1.59. The maximum atomic E-state index is 12.8. The number of aliphatic hydroxyl groups is 1. The van der Waals surface area contributed by atoms with Crippen LogP contribution < -0.4 is 16.0 Å². The zero-order valence-corrected chi connectivity index (χ0v) is 17.6. The number of benzene rings is 1. The molecule has 164 valence electrons. The summed E-state index contributed by atoms with van der Waals surface area (Å²) in [6.45, 7) is 5.62. The van der Waals surface area contributed by atoms with Crippen LogP contribution in [0.15, 0.2) is 24.3 Å². The van der Waals surface area contributed by atoms with E-state index in [1.165, 1.54) is 0 Å². The normalized spacial score (nSPS) is 17.1. The first-order valence-corrected chi connectivity index (χ1v) is 9.80. The molecule has 1 aromatic heterocycles. The second kappa shape index (κ2) is 9.26. The number of nitrogens with one attached hydrogen (secondary N) is 1. The van der Waals surface area contributed by atoms with E-state index < -0.39 is 17.6 Å². The first-order chi connectivity index (χ1) is 14.7. The van der Waals surface area contributed by atoms with E-state index >= 15 is 0 Å². The van der Waals surface area contributed by atoms with Gasteiger partial charge < -0.3 is 20.3 Å². The fraction of sp³-hybridized carbons (Fsp3) is 0.429. The molecule has 1 aromatic carbocycles. The quantitative estimate of drug-likeness (QED) is 0.559. The van der Waals surface area contributed by atoms with Crippen molar-refractivity contribution in [2.24, 2.45) is 0 Å². The van der Waals surface area contributed by atoms with Crippen LogP contribution in [0.1, 0.15) is 43.1 Å². The van der Waals surface area contributed by atoms with Crippen molar-refractivity contribution in [2.75, 3.05) is 18.9 Å². The molecule has 10 nitrogen and oxygen atoms in total. The fourth-order valence-corrected chi connectivity index (χ4v) is 2.71. The average Bonchev–Trinajstić information content (AvgIpc) is 3.23. The summed E-state index contributed by atoms with van der Waals surface area (Å²) in [4.78, 5) is 26.7. The number of anilines is 1. The number of carbonyl (C=O) groups excluding carboxylic acids is 1. The molecule has 3 rings (SSSR count).